The molecule has 0 aliphatic heterocycles. The van der Waals surface area contributed by atoms with E-state index < -0.39 is 0 Å². The third-order valence-electron chi connectivity index (χ3n) is 3.84. The molecule has 1 amide bonds. The van der Waals surface area contributed by atoms with Gasteiger partial charge < -0.3 is 9.84 Å². The van der Waals surface area contributed by atoms with E-state index in [1.54, 1.807) is 23.7 Å². The average Bonchev–Trinajstić information content (AvgIpc) is 3.31. The van der Waals surface area contributed by atoms with Gasteiger partial charge in [0.1, 0.15) is 17.5 Å². The van der Waals surface area contributed by atoms with Crippen molar-refractivity contribution in [1.29, 1.82) is 0 Å². The van der Waals surface area contributed by atoms with Crippen molar-refractivity contribution in [3.8, 4) is 16.9 Å². The van der Waals surface area contributed by atoms with Crippen molar-refractivity contribution >= 4 is 11.6 Å². The van der Waals surface area contributed by atoms with E-state index in [0.717, 1.165) is 11.3 Å². The van der Waals surface area contributed by atoms with E-state index in [1.165, 1.54) is 6.26 Å². The van der Waals surface area contributed by atoms with Crippen LogP contribution in [0.2, 0.25) is 0 Å². The maximum absolute atomic E-state index is 12.7. The molecular weight excluding hydrogens is 332 g/mol. The van der Waals surface area contributed by atoms with Crippen LogP contribution < -0.4 is 5.32 Å². The molecule has 26 heavy (non-hydrogen) atoms. The van der Waals surface area contributed by atoms with Crippen molar-refractivity contribution in [2.45, 2.75) is 6.92 Å². The minimum Gasteiger partial charge on any atom is -0.363 e. The lowest BCUT2D eigenvalue weighted by Crippen LogP contribution is -2.12. The monoisotopic (exact) mass is 346 g/mol. The molecule has 0 atom stereocenters. The number of carbonyl (C=O) groups excluding carboxylic acids is 1. The van der Waals surface area contributed by atoms with E-state index in [9.17, 15) is 4.79 Å². The molecular formula is C18H14N6O2. The number of anilines is 1. The van der Waals surface area contributed by atoms with Crippen molar-refractivity contribution < 1.29 is 9.32 Å². The molecule has 2 aromatic heterocycles. The van der Waals surface area contributed by atoms with Crippen LogP contribution in [0, 0.1) is 6.92 Å². The highest BCUT2D eigenvalue weighted by atomic mass is 16.5. The topological polar surface area (TPSA) is 98.7 Å². The number of hydrogen-bond acceptors (Lipinski definition) is 6. The molecule has 1 N–H and O–H groups in total. The summed E-state index contributed by atoms with van der Waals surface area (Å²) in [4.78, 5) is 12.7. The normalized spacial score (nSPS) is 10.7. The third kappa shape index (κ3) is 2.95. The lowest BCUT2D eigenvalue weighted by atomic mass is 10.1. The molecule has 0 aliphatic rings. The van der Waals surface area contributed by atoms with Gasteiger partial charge in [0, 0.05) is 11.3 Å². The fraction of sp³-hybridized carbons (Fsp3) is 0.0556. The molecule has 0 aliphatic carbocycles. The van der Waals surface area contributed by atoms with Crippen LogP contribution in [-0.4, -0.2) is 31.3 Å². The number of rotatable bonds is 4. The van der Waals surface area contributed by atoms with Crippen LogP contribution in [0.1, 0.15) is 16.2 Å². The minimum absolute atomic E-state index is 0.310. The number of benzene rings is 2. The van der Waals surface area contributed by atoms with Crippen LogP contribution in [0.15, 0.2) is 65.4 Å². The Kier molecular flexibility index (Phi) is 3.98. The summed E-state index contributed by atoms with van der Waals surface area (Å²) < 4.78 is 6.60. The molecule has 0 spiro atoms. The van der Waals surface area contributed by atoms with E-state index in [0.29, 0.717) is 22.8 Å². The number of aryl methyl sites for hydroxylation is 1. The number of nitrogens with zero attached hydrogens (tertiary/aromatic N) is 5. The zero-order valence-corrected chi connectivity index (χ0v) is 13.8. The summed E-state index contributed by atoms with van der Waals surface area (Å²) in [7, 11) is 0. The Morgan fingerprint density at radius 1 is 1.12 bits per heavy atom. The maximum Gasteiger partial charge on any atom is 0.261 e. The second kappa shape index (κ2) is 6.60. The van der Waals surface area contributed by atoms with Crippen molar-refractivity contribution in [3.63, 3.8) is 0 Å². The fourth-order valence-electron chi connectivity index (χ4n) is 2.59. The van der Waals surface area contributed by atoms with Gasteiger partial charge in [0.15, 0.2) is 5.82 Å². The number of hydrogen-bond donors (Lipinski definition) is 1. The fourth-order valence-corrected chi connectivity index (χ4v) is 2.59. The first-order chi connectivity index (χ1) is 12.7. The lowest BCUT2D eigenvalue weighted by Gasteiger charge is -2.07. The third-order valence-corrected chi connectivity index (χ3v) is 3.84. The van der Waals surface area contributed by atoms with Gasteiger partial charge in [-0.1, -0.05) is 41.6 Å². The summed E-state index contributed by atoms with van der Waals surface area (Å²) in [5.41, 5.74) is 3.03. The van der Waals surface area contributed by atoms with Crippen LogP contribution in [0.4, 0.5) is 5.69 Å². The number of tetrazole rings is 1. The predicted molar refractivity (Wildman–Crippen MR) is 93.8 cm³/mol. The van der Waals surface area contributed by atoms with Gasteiger partial charge in [-0.25, -0.2) is 0 Å². The molecule has 0 saturated heterocycles. The molecule has 0 saturated carbocycles. The zero-order chi connectivity index (χ0) is 17.9. The van der Waals surface area contributed by atoms with Gasteiger partial charge in [0.05, 0.1) is 5.69 Å². The Labute approximate surface area is 148 Å². The Morgan fingerprint density at radius 3 is 2.73 bits per heavy atom. The summed E-state index contributed by atoms with van der Waals surface area (Å²) in [6, 6.07) is 16.6. The summed E-state index contributed by atoms with van der Waals surface area (Å²) in [6.45, 7) is 1.80. The van der Waals surface area contributed by atoms with Crippen molar-refractivity contribution in [3.05, 3.63) is 72.2 Å². The Hall–Kier alpha value is -3.81. The minimum atomic E-state index is -0.310. The van der Waals surface area contributed by atoms with E-state index >= 15 is 0 Å². The highest BCUT2D eigenvalue weighted by molar-refractivity contribution is 6.07. The van der Waals surface area contributed by atoms with Gasteiger partial charge in [-0.05, 0) is 35.5 Å². The van der Waals surface area contributed by atoms with Gasteiger partial charge in [-0.3, -0.25) is 4.79 Å². The standard InChI is InChI=1S/C18H14N6O2/c1-12-20-22-23-24(12)15-9-5-8-14(10-15)19-18(25)16-11-26-21-17(16)13-6-3-2-4-7-13/h2-11H,1H3,(H,19,25). The van der Waals surface area contributed by atoms with Crippen LogP contribution in [0.3, 0.4) is 0 Å². The average molecular weight is 346 g/mol. The van der Waals surface area contributed by atoms with Crippen molar-refractivity contribution in [2.24, 2.45) is 0 Å². The lowest BCUT2D eigenvalue weighted by molar-refractivity contribution is 0.102. The highest BCUT2D eigenvalue weighted by Crippen LogP contribution is 2.23. The summed E-state index contributed by atoms with van der Waals surface area (Å²) in [5, 5.41) is 18.2. The molecule has 128 valence electrons. The van der Waals surface area contributed by atoms with Gasteiger partial charge in [0.25, 0.3) is 5.91 Å². The highest BCUT2D eigenvalue weighted by Gasteiger charge is 2.17. The van der Waals surface area contributed by atoms with Crippen molar-refractivity contribution in [2.75, 3.05) is 5.32 Å². The van der Waals surface area contributed by atoms with Crippen LogP contribution in [-0.2, 0) is 0 Å². The molecule has 4 rings (SSSR count). The first-order valence-corrected chi connectivity index (χ1v) is 7.89. The molecule has 0 bridgehead atoms. The largest absolute Gasteiger partial charge is 0.363 e. The molecule has 2 aromatic carbocycles. The van der Waals surface area contributed by atoms with Gasteiger partial charge in [0.2, 0.25) is 0 Å². The number of carbonyl (C=O) groups is 1. The molecule has 4 aromatic rings. The number of aromatic nitrogens is 5. The van der Waals surface area contributed by atoms with Gasteiger partial charge in [-0.2, -0.15) is 4.68 Å². The summed E-state index contributed by atoms with van der Waals surface area (Å²) in [5.74, 6) is 0.342. The smallest absolute Gasteiger partial charge is 0.261 e. The SMILES string of the molecule is Cc1nnnn1-c1cccc(NC(=O)c2conc2-c2ccccc2)c1. The zero-order valence-electron chi connectivity index (χ0n) is 13.8. The van der Waals surface area contributed by atoms with E-state index in [-0.39, 0.29) is 5.91 Å². The maximum atomic E-state index is 12.7. The number of amides is 1. The first-order valence-electron chi connectivity index (χ1n) is 7.89. The van der Waals surface area contributed by atoms with E-state index in [4.69, 9.17) is 4.52 Å². The second-order valence-electron chi connectivity index (χ2n) is 5.59. The predicted octanol–water partition coefficient (Wildman–Crippen LogP) is 2.88. The van der Waals surface area contributed by atoms with Crippen LogP contribution in [0.25, 0.3) is 16.9 Å². The van der Waals surface area contributed by atoms with Gasteiger partial charge in [-0.15, -0.1) is 5.10 Å². The van der Waals surface area contributed by atoms with Crippen LogP contribution >= 0.6 is 0 Å². The Morgan fingerprint density at radius 2 is 1.96 bits per heavy atom. The van der Waals surface area contributed by atoms with Gasteiger partial charge >= 0.3 is 0 Å². The van der Waals surface area contributed by atoms with Crippen molar-refractivity contribution in [1.82, 2.24) is 25.4 Å². The summed E-state index contributed by atoms with van der Waals surface area (Å²) >= 11 is 0. The second-order valence-corrected chi connectivity index (χ2v) is 5.59. The van der Waals surface area contributed by atoms with E-state index in [2.05, 4.69) is 26.0 Å². The molecule has 2 heterocycles. The Balaban J connectivity index is 1.61. The molecule has 0 unspecified atom stereocenters. The molecule has 8 nitrogen and oxygen atoms in total. The molecule has 0 radical (unpaired) electrons. The van der Waals surface area contributed by atoms with E-state index in [1.807, 2.05) is 42.5 Å². The number of nitrogens with one attached hydrogen (secondary N) is 1. The molecule has 8 heteroatoms. The quantitative estimate of drug-likeness (QED) is 0.610. The summed E-state index contributed by atoms with van der Waals surface area (Å²) in [6.07, 6.45) is 1.34. The first kappa shape index (κ1) is 15.7. The molecule has 0 fully saturated rings. The Bertz CT molecular complexity index is 1050. The van der Waals surface area contributed by atoms with Crippen LogP contribution in [0.5, 0.6) is 0 Å².